The molecule has 8 heteroatoms. The van der Waals surface area contributed by atoms with Crippen LogP contribution in [0.2, 0.25) is 0 Å². The third kappa shape index (κ3) is 4.36. The van der Waals surface area contributed by atoms with Crippen LogP contribution in [0.3, 0.4) is 0 Å². The van der Waals surface area contributed by atoms with Gasteiger partial charge in [0.15, 0.2) is 5.11 Å². The first-order chi connectivity index (χ1) is 11.0. The quantitative estimate of drug-likeness (QED) is 0.490. The maximum atomic E-state index is 13.3. The average molecular weight is 335 g/mol. The van der Waals surface area contributed by atoms with E-state index < -0.39 is 16.4 Å². The van der Waals surface area contributed by atoms with Crippen LogP contribution in [0.1, 0.15) is 6.92 Å². The summed E-state index contributed by atoms with van der Waals surface area (Å²) in [4.78, 5) is 9.95. The highest BCUT2D eigenvalue weighted by Crippen LogP contribution is 2.25. The molecule has 120 valence electrons. The van der Waals surface area contributed by atoms with E-state index >= 15 is 0 Å². The molecule has 0 radical (unpaired) electrons. The summed E-state index contributed by atoms with van der Waals surface area (Å²) >= 11 is 5.16. The summed E-state index contributed by atoms with van der Waals surface area (Å²) in [5, 5.41) is 16.7. The van der Waals surface area contributed by atoms with Crippen LogP contribution in [0, 0.1) is 15.9 Å². The molecule has 0 aromatic heterocycles. The number of nitro groups is 1. The summed E-state index contributed by atoms with van der Waals surface area (Å²) in [6.45, 7) is 2.37. The number of para-hydroxylation sites is 2. The number of nitrogens with zero attached hydrogens (tertiary/aromatic N) is 1. The van der Waals surface area contributed by atoms with E-state index in [1.165, 1.54) is 6.07 Å². The number of ether oxygens (including phenoxy) is 1. The number of rotatable bonds is 5. The molecule has 0 heterocycles. The molecular weight excluding hydrogens is 321 g/mol. The molecule has 0 fully saturated rings. The molecule has 2 N–H and O–H groups in total. The van der Waals surface area contributed by atoms with Gasteiger partial charge in [0.05, 0.1) is 17.2 Å². The number of nitro benzene ring substituents is 1. The zero-order chi connectivity index (χ0) is 16.8. The highest BCUT2D eigenvalue weighted by Gasteiger charge is 2.15. The first kappa shape index (κ1) is 16.6. The van der Waals surface area contributed by atoms with Crippen LogP contribution in [-0.2, 0) is 0 Å². The molecule has 0 aliphatic carbocycles. The molecule has 2 rings (SSSR count). The van der Waals surface area contributed by atoms with Gasteiger partial charge in [-0.25, -0.2) is 0 Å². The molecule has 0 aliphatic rings. The first-order valence-corrected chi connectivity index (χ1v) is 7.16. The molecule has 0 bridgehead atoms. The van der Waals surface area contributed by atoms with Gasteiger partial charge in [0, 0.05) is 11.8 Å². The van der Waals surface area contributed by atoms with Crippen molar-refractivity contribution in [3.63, 3.8) is 0 Å². The number of benzene rings is 2. The van der Waals surface area contributed by atoms with E-state index in [-0.39, 0.29) is 5.11 Å². The van der Waals surface area contributed by atoms with E-state index in [4.69, 9.17) is 17.0 Å². The van der Waals surface area contributed by atoms with E-state index in [0.29, 0.717) is 23.7 Å². The number of hydrogen-bond acceptors (Lipinski definition) is 4. The van der Waals surface area contributed by atoms with Crippen molar-refractivity contribution in [1.29, 1.82) is 0 Å². The van der Waals surface area contributed by atoms with Crippen LogP contribution in [0.15, 0.2) is 42.5 Å². The molecule has 6 nitrogen and oxygen atoms in total. The Labute approximate surface area is 137 Å². The van der Waals surface area contributed by atoms with Crippen molar-refractivity contribution in [2.45, 2.75) is 6.92 Å². The lowest BCUT2D eigenvalue weighted by atomic mass is 10.2. The van der Waals surface area contributed by atoms with Gasteiger partial charge in [-0.3, -0.25) is 10.1 Å². The maximum Gasteiger partial charge on any atom is 0.306 e. The SMILES string of the molecule is CCOc1ccccc1NC(=S)Nc1ccc(F)c([N+](=O)[O-])c1. The summed E-state index contributed by atoms with van der Waals surface area (Å²) in [6.07, 6.45) is 0. The van der Waals surface area contributed by atoms with Gasteiger partial charge in [-0.2, -0.15) is 4.39 Å². The summed E-state index contributed by atoms with van der Waals surface area (Å²) < 4.78 is 18.8. The van der Waals surface area contributed by atoms with Gasteiger partial charge in [0.2, 0.25) is 5.82 Å². The van der Waals surface area contributed by atoms with Crippen LogP contribution in [0.25, 0.3) is 0 Å². The third-order valence-electron chi connectivity index (χ3n) is 2.84. The fourth-order valence-corrected chi connectivity index (χ4v) is 2.09. The zero-order valence-electron chi connectivity index (χ0n) is 12.2. The van der Waals surface area contributed by atoms with Crippen molar-refractivity contribution < 1.29 is 14.1 Å². The molecule has 0 unspecified atom stereocenters. The van der Waals surface area contributed by atoms with Gasteiger partial charge in [-0.1, -0.05) is 12.1 Å². The third-order valence-corrected chi connectivity index (χ3v) is 3.04. The second-order valence-electron chi connectivity index (χ2n) is 4.43. The fourth-order valence-electron chi connectivity index (χ4n) is 1.87. The highest BCUT2D eigenvalue weighted by molar-refractivity contribution is 7.80. The lowest BCUT2D eigenvalue weighted by Crippen LogP contribution is -2.19. The molecule has 23 heavy (non-hydrogen) atoms. The van der Waals surface area contributed by atoms with E-state index in [2.05, 4.69) is 10.6 Å². The standard InChI is InChI=1S/C15H14FN3O3S/c1-2-22-14-6-4-3-5-12(14)18-15(23)17-10-7-8-11(16)13(9-10)19(20)21/h3-9H,2H2,1H3,(H2,17,18,23). The van der Waals surface area contributed by atoms with Gasteiger partial charge in [0.25, 0.3) is 0 Å². The van der Waals surface area contributed by atoms with Gasteiger partial charge in [-0.15, -0.1) is 0 Å². The maximum absolute atomic E-state index is 13.3. The Morgan fingerprint density at radius 1 is 1.30 bits per heavy atom. The molecule has 2 aromatic carbocycles. The summed E-state index contributed by atoms with van der Waals surface area (Å²) in [6, 6.07) is 10.7. The van der Waals surface area contributed by atoms with E-state index in [0.717, 1.165) is 12.1 Å². The molecule has 0 saturated carbocycles. The number of nitrogens with one attached hydrogen (secondary N) is 2. The Kier molecular flexibility index (Phi) is 5.42. The Morgan fingerprint density at radius 2 is 2.04 bits per heavy atom. The minimum Gasteiger partial charge on any atom is -0.492 e. The Morgan fingerprint density at radius 3 is 2.74 bits per heavy atom. The molecule has 0 saturated heterocycles. The van der Waals surface area contributed by atoms with Crippen LogP contribution >= 0.6 is 12.2 Å². The van der Waals surface area contributed by atoms with Gasteiger partial charge < -0.3 is 15.4 Å². The normalized spacial score (nSPS) is 10.0. The Bertz CT molecular complexity index is 740. The monoisotopic (exact) mass is 335 g/mol. The number of thiocarbonyl (C=S) groups is 1. The van der Waals surface area contributed by atoms with E-state index in [1.54, 1.807) is 12.1 Å². The molecule has 2 aromatic rings. The molecule has 0 atom stereocenters. The van der Waals surface area contributed by atoms with Crippen molar-refractivity contribution in [1.82, 2.24) is 0 Å². The average Bonchev–Trinajstić information content (AvgIpc) is 2.51. The minimum absolute atomic E-state index is 0.207. The Hall–Kier alpha value is -2.74. The molecule has 0 aliphatic heterocycles. The van der Waals surface area contributed by atoms with Crippen molar-refractivity contribution in [2.75, 3.05) is 17.2 Å². The topological polar surface area (TPSA) is 76.4 Å². The largest absolute Gasteiger partial charge is 0.492 e. The van der Waals surface area contributed by atoms with Crippen LogP contribution in [0.4, 0.5) is 21.5 Å². The summed E-state index contributed by atoms with van der Waals surface area (Å²) in [5.74, 6) is -0.273. The van der Waals surface area contributed by atoms with Crippen LogP contribution in [-0.4, -0.2) is 16.6 Å². The van der Waals surface area contributed by atoms with Crippen molar-refractivity contribution >= 4 is 34.4 Å². The smallest absolute Gasteiger partial charge is 0.306 e. The first-order valence-electron chi connectivity index (χ1n) is 6.75. The minimum atomic E-state index is -0.902. The number of hydrogen-bond donors (Lipinski definition) is 2. The second kappa shape index (κ2) is 7.50. The Balaban J connectivity index is 2.11. The van der Waals surface area contributed by atoms with Crippen molar-refractivity contribution in [2.24, 2.45) is 0 Å². The van der Waals surface area contributed by atoms with E-state index in [1.807, 2.05) is 19.1 Å². The summed E-state index contributed by atoms with van der Waals surface area (Å²) in [5.41, 5.74) is 0.348. The predicted octanol–water partition coefficient (Wildman–Crippen LogP) is 3.94. The van der Waals surface area contributed by atoms with Crippen LogP contribution in [0.5, 0.6) is 5.75 Å². The lowest BCUT2D eigenvalue weighted by molar-refractivity contribution is -0.387. The predicted molar refractivity (Wildman–Crippen MR) is 90.5 cm³/mol. The lowest BCUT2D eigenvalue weighted by Gasteiger charge is -2.14. The number of anilines is 2. The zero-order valence-corrected chi connectivity index (χ0v) is 13.0. The van der Waals surface area contributed by atoms with Gasteiger partial charge in [-0.05, 0) is 43.4 Å². The molecule has 0 spiro atoms. The van der Waals surface area contributed by atoms with Gasteiger partial charge in [0.1, 0.15) is 5.75 Å². The van der Waals surface area contributed by atoms with Crippen LogP contribution < -0.4 is 15.4 Å². The summed E-state index contributed by atoms with van der Waals surface area (Å²) in [7, 11) is 0. The molecule has 0 amide bonds. The second-order valence-corrected chi connectivity index (χ2v) is 4.84. The van der Waals surface area contributed by atoms with E-state index in [9.17, 15) is 14.5 Å². The number of halogens is 1. The fraction of sp³-hybridized carbons (Fsp3) is 0.133. The van der Waals surface area contributed by atoms with Crippen molar-refractivity contribution in [3.05, 3.63) is 58.4 Å². The van der Waals surface area contributed by atoms with Gasteiger partial charge >= 0.3 is 5.69 Å². The molecular formula is C15H14FN3O3S. The van der Waals surface area contributed by atoms with Crippen molar-refractivity contribution in [3.8, 4) is 5.75 Å². The highest BCUT2D eigenvalue weighted by atomic mass is 32.1.